The average molecular weight is 460 g/mol. The summed E-state index contributed by atoms with van der Waals surface area (Å²) in [4.78, 5) is 38.7. The second-order valence-corrected chi connectivity index (χ2v) is 9.36. The normalized spacial score (nSPS) is 17.2. The molecule has 0 bridgehead atoms. The van der Waals surface area contributed by atoms with Gasteiger partial charge in [0.25, 0.3) is 5.91 Å². The highest BCUT2D eigenvalue weighted by Gasteiger charge is 2.36. The lowest BCUT2D eigenvalue weighted by atomic mass is 10.1. The van der Waals surface area contributed by atoms with Crippen molar-refractivity contribution in [1.82, 2.24) is 4.90 Å². The number of rotatable bonds is 7. The van der Waals surface area contributed by atoms with Crippen LogP contribution in [0.25, 0.3) is 0 Å². The first kappa shape index (κ1) is 23.4. The van der Waals surface area contributed by atoms with E-state index in [0.29, 0.717) is 12.2 Å². The van der Waals surface area contributed by atoms with Gasteiger partial charge in [-0.15, -0.1) is 0 Å². The number of nitrogens with zero attached hydrogens (tertiary/aromatic N) is 1. The number of aryl methyl sites for hydroxylation is 1. The maximum atomic E-state index is 12.5. The summed E-state index contributed by atoms with van der Waals surface area (Å²) in [6.07, 6.45) is -1.06. The second kappa shape index (κ2) is 9.49. The summed E-state index contributed by atoms with van der Waals surface area (Å²) in [6.45, 7) is 4.04. The van der Waals surface area contributed by atoms with Crippen LogP contribution in [0.2, 0.25) is 0 Å². The summed E-state index contributed by atoms with van der Waals surface area (Å²) in [5.41, 5.74) is 2.42. The maximum absolute atomic E-state index is 12.5. The first-order valence-corrected chi connectivity index (χ1v) is 11.5. The highest BCUT2D eigenvalue weighted by atomic mass is 32.2. The summed E-state index contributed by atoms with van der Waals surface area (Å²) < 4.78 is 27.8. The fourth-order valence-electron chi connectivity index (χ4n) is 3.29. The third-order valence-electron chi connectivity index (χ3n) is 5.15. The van der Waals surface area contributed by atoms with Crippen LogP contribution in [0, 0.1) is 12.8 Å². The molecule has 0 aromatic heterocycles. The molecule has 9 nitrogen and oxygen atoms in total. The van der Waals surface area contributed by atoms with E-state index in [-0.39, 0.29) is 23.8 Å². The van der Waals surface area contributed by atoms with Crippen LogP contribution < -0.4 is 10.5 Å². The van der Waals surface area contributed by atoms with Crippen molar-refractivity contribution >= 4 is 33.5 Å². The molecule has 2 atom stereocenters. The van der Waals surface area contributed by atoms with Gasteiger partial charge in [0.15, 0.2) is 6.10 Å². The van der Waals surface area contributed by atoms with E-state index in [1.54, 1.807) is 4.90 Å². The molecule has 0 spiro atoms. The molecule has 0 saturated carbocycles. The van der Waals surface area contributed by atoms with Crippen LogP contribution in [0.5, 0.6) is 0 Å². The number of hydrogen-bond acceptors (Lipinski definition) is 6. The van der Waals surface area contributed by atoms with Gasteiger partial charge in [-0.05, 0) is 43.7 Å². The number of esters is 1. The van der Waals surface area contributed by atoms with Gasteiger partial charge < -0.3 is 15.0 Å². The molecule has 1 saturated heterocycles. The van der Waals surface area contributed by atoms with Crippen molar-refractivity contribution in [3.05, 3.63) is 59.7 Å². The van der Waals surface area contributed by atoms with Gasteiger partial charge in [0.05, 0.1) is 10.8 Å². The molecule has 3 N–H and O–H groups in total. The van der Waals surface area contributed by atoms with Crippen LogP contribution in [0.1, 0.15) is 24.5 Å². The number of hydrogen-bond donors (Lipinski definition) is 2. The number of nitrogens with two attached hydrogens (primary N) is 1. The number of carbonyl (C=O) groups is 3. The minimum Gasteiger partial charge on any atom is -0.452 e. The predicted molar refractivity (Wildman–Crippen MR) is 117 cm³/mol. The van der Waals surface area contributed by atoms with Gasteiger partial charge in [-0.2, -0.15) is 0 Å². The van der Waals surface area contributed by atoms with Crippen molar-refractivity contribution in [3.63, 3.8) is 0 Å². The van der Waals surface area contributed by atoms with Gasteiger partial charge in [0.1, 0.15) is 0 Å². The predicted octanol–water partition coefficient (Wildman–Crippen LogP) is 1.56. The first-order valence-electron chi connectivity index (χ1n) is 10.0. The molecule has 1 heterocycles. The molecule has 0 aliphatic carbocycles. The molecule has 3 rings (SSSR count). The van der Waals surface area contributed by atoms with E-state index in [9.17, 15) is 22.8 Å². The van der Waals surface area contributed by atoms with Crippen LogP contribution in [0.3, 0.4) is 0 Å². The van der Waals surface area contributed by atoms with Crippen LogP contribution in [-0.4, -0.2) is 43.8 Å². The van der Waals surface area contributed by atoms with Gasteiger partial charge in [-0.3, -0.25) is 14.4 Å². The van der Waals surface area contributed by atoms with E-state index >= 15 is 0 Å². The number of carbonyl (C=O) groups excluding carboxylic acids is 3. The van der Waals surface area contributed by atoms with E-state index < -0.39 is 33.9 Å². The van der Waals surface area contributed by atoms with Crippen molar-refractivity contribution in [2.45, 2.75) is 37.8 Å². The van der Waals surface area contributed by atoms with Crippen molar-refractivity contribution in [2.24, 2.45) is 11.1 Å². The molecule has 10 heteroatoms. The number of sulfonamides is 1. The summed E-state index contributed by atoms with van der Waals surface area (Å²) in [7, 11) is -3.83. The van der Waals surface area contributed by atoms with E-state index in [0.717, 1.165) is 11.1 Å². The SMILES string of the molecule is Cc1ccc(CN2C[C@@H](C(=O)O[C@@H](C)C(=O)Nc3ccc(S(N)(=O)=O)cc3)CC2=O)cc1. The van der Waals surface area contributed by atoms with Gasteiger partial charge in [-0.25, -0.2) is 13.6 Å². The third kappa shape index (κ3) is 5.92. The zero-order valence-corrected chi connectivity index (χ0v) is 18.6. The van der Waals surface area contributed by atoms with Crippen LogP contribution in [-0.2, 0) is 35.7 Å². The Morgan fingerprint density at radius 1 is 1.16 bits per heavy atom. The standard InChI is InChI=1S/C22H25N3O6S/c1-14-3-5-16(6-4-14)12-25-13-17(11-20(25)26)22(28)31-15(2)21(27)24-18-7-9-19(10-8-18)32(23,29)30/h3-10,15,17H,11-13H2,1-2H3,(H,24,27)(H2,23,29,30)/t15-,17-/m0/s1. The number of nitrogens with one attached hydrogen (secondary N) is 1. The third-order valence-corrected chi connectivity index (χ3v) is 6.08. The number of likely N-dealkylation sites (tertiary alicyclic amines) is 1. The molecule has 0 unspecified atom stereocenters. The first-order chi connectivity index (χ1) is 15.0. The Morgan fingerprint density at radius 3 is 2.38 bits per heavy atom. The van der Waals surface area contributed by atoms with Crippen molar-refractivity contribution in [3.8, 4) is 0 Å². The minimum atomic E-state index is -3.83. The quantitative estimate of drug-likeness (QED) is 0.603. The molecule has 1 aliphatic heterocycles. The van der Waals surface area contributed by atoms with Crippen molar-refractivity contribution in [2.75, 3.05) is 11.9 Å². The number of ether oxygens (including phenoxy) is 1. The maximum Gasteiger partial charge on any atom is 0.312 e. The second-order valence-electron chi connectivity index (χ2n) is 7.80. The molecule has 2 aromatic carbocycles. The van der Waals surface area contributed by atoms with E-state index in [1.807, 2.05) is 31.2 Å². The van der Waals surface area contributed by atoms with Crippen molar-refractivity contribution in [1.29, 1.82) is 0 Å². The van der Waals surface area contributed by atoms with Gasteiger partial charge >= 0.3 is 5.97 Å². The number of anilines is 1. The topological polar surface area (TPSA) is 136 Å². The van der Waals surface area contributed by atoms with E-state index in [1.165, 1.54) is 31.2 Å². The van der Waals surface area contributed by atoms with Gasteiger partial charge in [0, 0.05) is 25.2 Å². The van der Waals surface area contributed by atoms with Gasteiger partial charge in [-0.1, -0.05) is 29.8 Å². The summed E-state index contributed by atoms with van der Waals surface area (Å²) in [5.74, 6) is -1.98. The number of benzene rings is 2. The monoisotopic (exact) mass is 459 g/mol. The Labute approximate surface area is 186 Å². The van der Waals surface area contributed by atoms with Crippen LogP contribution in [0.15, 0.2) is 53.4 Å². The Morgan fingerprint density at radius 2 is 1.78 bits per heavy atom. The molecular formula is C22H25N3O6S. The Hall–Kier alpha value is -3.24. The van der Waals surface area contributed by atoms with E-state index in [2.05, 4.69) is 5.32 Å². The summed E-state index contributed by atoms with van der Waals surface area (Å²) in [6, 6.07) is 13.1. The zero-order chi connectivity index (χ0) is 23.5. The van der Waals surface area contributed by atoms with Gasteiger partial charge in [0.2, 0.25) is 15.9 Å². The average Bonchev–Trinajstić information content (AvgIpc) is 3.10. The Kier molecular flexibility index (Phi) is 6.95. The lowest BCUT2D eigenvalue weighted by Crippen LogP contribution is -2.33. The molecular weight excluding hydrogens is 434 g/mol. The zero-order valence-electron chi connectivity index (χ0n) is 17.8. The molecule has 1 aliphatic rings. The molecule has 2 amide bonds. The van der Waals surface area contributed by atoms with E-state index in [4.69, 9.17) is 9.88 Å². The number of amides is 2. The van der Waals surface area contributed by atoms with Crippen LogP contribution in [0.4, 0.5) is 5.69 Å². The lowest BCUT2D eigenvalue weighted by Gasteiger charge is -2.18. The molecule has 0 radical (unpaired) electrons. The summed E-state index contributed by atoms with van der Waals surface area (Å²) in [5, 5.41) is 7.58. The number of primary sulfonamides is 1. The molecule has 32 heavy (non-hydrogen) atoms. The fraction of sp³-hybridized carbons (Fsp3) is 0.318. The van der Waals surface area contributed by atoms with Crippen LogP contribution >= 0.6 is 0 Å². The Bertz CT molecular complexity index is 1110. The molecule has 1 fully saturated rings. The fourth-order valence-corrected chi connectivity index (χ4v) is 3.81. The summed E-state index contributed by atoms with van der Waals surface area (Å²) >= 11 is 0. The van der Waals surface area contributed by atoms with Crippen molar-refractivity contribution < 1.29 is 27.5 Å². The molecule has 2 aromatic rings. The minimum absolute atomic E-state index is 0.0358. The Balaban J connectivity index is 1.52. The highest BCUT2D eigenvalue weighted by Crippen LogP contribution is 2.22. The highest BCUT2D eigenvalue weighted by molar-refractivity contribution is 7.89. The largest absolute Gasteiger partial charge is 0.452 e. The lowest BCUT2D eigenvalue weighted by molar-refractivity contribution is -0.157. The smallest absolute Gasteiger partial charge is 0.312 e. The molecule has 170 valence electrons.